The maximum absolute atomic E-state index is 5.62. The normalized spacial score (nSPS) is 19.1. The Balaban J connectivity index is 1.90. The van der Waals surface area contributed by atoms with Crippen molar-refractivity contribution in [3.05, 3.63) is 42.5 Å². The lowest BCUT2D eigenvalue weighted by molar-refractivity contribution is 0.698. The van der Waals surface area contributed by atoms with Crippen LogP contribution in [0.2, 0.25) is 0 Å². The highest BCUT2D eigenvalue weighted by Gasteiger charge is 2.27. The zero-order valence-electron chi connectivity index (χ0n) is 10.0. The fourth-order valence-electron chi connectivity index (χ4n) is 2.41. The molecule has 1 fully saturated rings. The van der Waals surface area contributed by atoms with Crippen molar-refractivity contribution < 1.29 is 0 Å². The van der Waals surface area contributed by atoms with Gasteiger partial charge in [0.1, 0.15) is 0 Å². The van der Waals surface area contributed by atoms with Crippen molar-refractivity contribution in [3.63, 3.8) is 0 Å². The summed E-state index contributed by atoms with van der Waals surface area (Å²) in [5, 5.41) is 0. The van der Waals surface area contributed by atoms with Crippen molar-refractivity contribution in [2.75, 3.05) is 17.2 Å². The zero-order valence-corrected chi connectivity index (χ0v) is 10.0. The summed E-state index contributed by atoms with van der Waals surface area (Å²) in [5.74, 6) is 0.746. The van der Waals surface area contributed by atoms with Crippen LogP contribution in [0.15, 0.2) is 36.9 Å². The predicted molar refractivity (Wildman–Crippen MR) is 70.0 cm³/mol. The fraction of sp³-hybridized carbons (Fsp3) is 0.308. The van der Waals surface area contributed by atoms with Crippen molar-refractivity contribution in [1.29, 1.82) is 0 Å². The van der Waals surface area contributed by atoms with Gasteiger partial charge in [-0.1, -0.05) is 6.07 Å². The van der Waals surface area contributed by atoms with Crippen molar-refractivity contribution in [1.82, 2.24) is 15.0 Å². The van der Waals surface area contributed by atoms with Crippen LogP contribution in [0.3, 0.4) is 0 Å². The molecular formula is C13H15N5. The Bertz CT molecular complexity index is 511. The topological polar surface area (TPSA) is 67.9 Å². The molecule has 1 atom stereocenters. The Morgan fingerprint density at radius 1 is 1.22 bits per heavy atom. The molecular weight excluding hydrogens is 226 g/mol. The molecule has 2 aromatic heterocycles. The van der Waals surface area contributed by atoms with Crippen molar-refractivity contribution in [3.8, 4) is 0 Å². The third-order valence-electron chi connectivity index (χ3n) is 3.24. The van der Waals surface area contributed by atoms with Crippen LogP contribution in [0.5, 0.6) is 0 Å². The van der Waals surface area contributed by atoms with Crippen LogP contribution in [0.1, 0.15) is 24.4 Å². The number of hydrogen-bond donors (Lipinski definition) is 1. The molecule has 0 amide bonds. The number of anilines is 2. The molecule has 5 heteroatoms. The molecule has 2 N–H and O–H groups in total. The Kier molecular flexibility index (Phi) is 2.80. The Hall–Kier alpha value is -2.17. The average Bonchev–Trinajstić information content (AvgIpc) is 2.90. The lowest BCUT2D eigenvalue weighted by Gasteiger charge is -2.24. The summed E-state index contributed by atoms with van der Waals surface area (Å²) in [6.07, 6.45) is 9.28. The smallest absolute Gasteiger partial charge is 0.225 e. The van der Waals surface area contributed by atoms with Crippen LogP contribution in [-0.4, -0.2) is 21.5 Å². The minimum absolute atomic E-state index is 0.322. The summed E-state index contributed by atoms with van der Waals surface area (Å²) < 4.78 is 0. The minimum Gasteiger partial charge on any atom is -0.396 e. The maximum Gasteiger partial charge on any atom is 0.225 e. The highest BCUT2D eigenvalue weighted by atomic mass is 15.3. The lowest BCUT2D eigenvalue weighted by atomic mass is 10.1. The van der Waals surface area contributed by atoms with Gasteiger partial charge < -0.3 is 10.6 Å². The molecule has 1 aliphatic rings. The molecule has 0 bridgehead atoms. The summed E-state index contributed by atoms with van der Waals surface area (Å²) in [6, 6.07) is 4.39. The molecule has 0 aliphatic carbocycles. The molecule has 5 nitrogen and oxygen atoms in total. The molecule has 0 radical (unpaired) electrons. The standard InChI is InChI=1S/C13H15N5/c14-11-8-16-13(17-9-11)18-6-2-4-12(18)10-3-1-5-15-7-10/h1,3,5,7-9,12H,2,4,6,14H2. The van der Waals surface area contributed by atoms with Gasteiger partial charge in [0.15, 0.2) is 0 Å². The van der Waals surface area contributed by atoms with Crippen LogP contribution in [-0.2, 0) is 0 Å². The maximum atomic E-state index is 5.62. The van der Waals surface area contributed by atoms with E-state index in [1.807, 2.05) is 12.3 Å². The van der Waals surface area contributed by atoms with Crippen LogP contribution >= 0.6 is 0 Å². The SMILES string of the molecule is Nc1cnc(N2CCCC2c2cccnc2)nc1. The van der Waals surface area contributed by atoms with E-state index in [1.54, 1.807) is 18.6 Å². The van der Waals surface area contributed by atoms with Gasteiger partial charge >= 0.3 is 0 Å². The quantitative estimate of drug-likeness (QED) is 0.868. The van der Waals surface area contributed by atoms with Gasteiger partial charge in [-0.2, -0.15) is 0 Å². The van der Waals surface area contributed by atoms with Gasteiger partial charge in [0.25, 0.3) is 0 Å². The first-order valence-electron chi connectivity index (χ1n) is 6.09. The van der Waals surface area contributed by atoms with Crippen molar-refractivity contribution in [2.24, 2.45) is 0 Å². The van der Waals surface area contributed by atoms with E-state index in [2.05, 4.69) is 25.9 Å². The molecule has 92 valence electrons. The third kappa shape index (κ3) is 1.99. The van der Waals surface area contributed by atoms with Crippen LogP contribution < -0.4 is 10.6 Å². The summed E-state index contributed by atoms with van der Waals surface area (Å²) in [7, 11) is 0. The second-order valence-corrected chi connectivity index (χ2v) is 4.45. The molecule has 2 aromatic rings. The number of nitrogen functional groups attached to an aromatic ring is 1. The molecule has 1 aliphatic heterocycles. The summed E-state index contributed by atoms with van der Waals surface area (Å²) in [6.45, 7) is 0.976. The Morgan fingerprint density at radius 2 is 2.06 bits per heavy atom. The average molecular weight is 241 g/mol. The van der Waals surface area contributed by atoms with E-state index in [1.165, 1.54) is 5.56 Å². The van der Waals surface area contributed by atoms with Gasteiger partial charge in [0.05, 0.1) is 24.1 Å². The van der Waals surface area contributed by atoms with E-state index in [4.69, 9.17) is 5.73 Å². The van der Waals surface area contributed by atoms with Gasteiger partial charge in [0, 0.05) is 18.9 Å². The predicted octanol–water partition coefficient (Wildman–Crippen LogP) is 1.80. The molecule has 1 saturated heterocycles. The highest BCUT2D eigenvalue weighted by Crippen LogP contribution is 2.33. The van der Waals surface area contributed by atoms with Gasteiger partial charge in [-0.15, -0.1) is 0 Å². The van der Waals surface area contributed by atoms with E-state index < -0.39 is 0 Å². The Labute approximate surface area is 106 Å². The fourth-order valence-corrected chi connectivity index (χ4v) is 2.41. The first-order valence-corrected chi connectivity index (χ1v) is 6.09. The molecule has 3 heterocycles. The largest absolute Gasteiger partial charge is 0.396 e. The number of nitrogens with two attached hydrogens (primary N) is 1. The van der Waals surface area contributed by atoms with Crippen molar-refractivity contribution in [2.45, 2.75) is 18.9 Å². The first-order chi connectivity index (χ1) is 8.84. The molecule has 0 spiro atoms. The summed E-state index contributed by atoms with van der Waals surface area (Å²) >= 11 is 0. The number of nitrogens with zero attached hydrogens (tertiary/aromatic N) is 4. The van der Waals surface area contributed by atoms with Gasteiger partial charge in [0.2, 0.25) is 5.95 Å². The van der Waals surface area contributed by atoms with E-state index in [0.29, 0.717) is 11.7 Å². The third-order valence-corrected chi connectivity index (χ3v) is 3.24. The molecule has 1 unspecified atom stereocenters. The van der Waals surface area contributed by atoms with Crippen LogP contribution in [0.4, 0.5) is 11.6 Å². The minimum atomic E-state index is 0.322. The van der Waals surface area contributed by atoms with E-state index >= 15 is 0 Å². The van der Waals surface area contributed by atoms with E-state index in [9.17, 15) is 0 Å². The first kappa shape index (κ1) is 11.0. The van der Waals surface area contributed by atoms with Crippen LogP contribution in [0.25, 0.3) is 0 Å². The summed E-state index contributed by atoms with van der Waals surface area (Å²) in [4.78, 5) is 15.0. The molecule has 3 rings (SSSR count). The molecule has 0 aromatic carbocycles. The highest BCUT2D eigenvalue weighted by molar-refractivity contribution is 5.41. The number of pyridine rings is 1. The van der Waals surface area contributed by atoms with Crippen LogP contribution in [0, 0.1) is 0 Å². The van der Waals surface area contributed by atoms with Gasteiger partial charge in [-0.05, 0) is 24.5 Å². The molecule has 0 saturated carbocycles. The monoisotopic (exact) mass is 241 g/mol. The molecule has 18 heavy (non-hydrogen) atoms. The number of hydrogen-bond acceptors (Lipinski definition) is 5. The van der Waals surface area contributed by atoms with Gasteiger partial charge in [-0.25, -0.2) is 9.97 Å². The Morgan fingerprint density at radius 3 is 2.78 bits per heavy atom. The second kappa shape index (κ2) is 4.60. The lowest BCUT2D eigenvalue weighted by Crippen LogP contribution is -2.24. The summed E-state index contributed by atoms with van der Waals surface area (Å²) in [5.41, 5.74) is 7.43. The van der Waals surface area contributed by atoms with Gasteiger partial charge in [-0.3, -0.25) is 4.98 Å². The zero-order chi connectivity index (χ0) is 12.4. The van der Waals surface area contributed by atoms with E-state index in [-0.39, 0.29) is 0 Å². The van der Waals surface area contributed by atoms with Crippen molar-refractivity contribution >= 4 is 11.6 Å². The number of rotatable bonds is 2. The van der Waals surface area contributed by atoms with E-state index in [0.717, 1.165) is 25.3 Å². The number of aromatic nitrogens is 3. The second-order valence-electron chi connectivity index (χ2n) is 4.45.